The second-order valence-electron chi connectivity index (χ2n) is 4.17. The van der Waals surface area contributed by atoms with Gasteiger partial charge >= 0.3 is 5.84 Å². The summed E-state index contributed by atoms with van der Waals surface area (Å²) >= 11 is 0. The molecule has 2 heterocycles. The fourth-order valence-corrected chi connectivity index (χ4v) is 2.08. The first-order valence-electron chi connectivity index (χ1n) is 5.61. The Morgan fingerprint density at radius 2 is 1.95 bits per heavy atom. The van der Waals surface area contributed by atoms with Gasteiger partial charge in [-0.25, -0.2) is 4.68 Å². The lowest BCUT2D eigenvalue weighted by Crippen LogP contribution is -2.33. The molecule has 2 aromatic rings. The van der Waals surface area contributed by atoms with Crippen LogP contribution in [0.3, 0.4) is 0 Å². The molecule has 1 aromatic heterocycles. The molecule has 3 rings (SSSR count). The zero-order valence-electron chi connectivity index (χ0n) is 10.2. The molecule has 0 amide bonds. The molecule has 0 bridgehead atoms. The van der Waals surface area contributed by atoms with Crippen molar-refractivity contribution in [3.8, 4) is 17.2 Å². The fourth-order valence-electron chi connectivity index (χ4n) is 2.08. The summed E-state index contributed by atoms with van der Waals surface area (Å²) in [7, 11) is 0. The van der Waals surface area contributed by atoms with Gasteiger partial charge in [-0.1, -0.05) is 0 Å². The number of phenols is 3. The van der Waals surface area contributed by atoms with Crippen LogP contribution in [0.25, 0.3) is 0 Å². The van der Waals surface area contributed by atoms with Gasteiger partial charge in [0.05, 0.1) is 10.7 Å². The second-order valence-corrected chi connectivity index (χ2v) is 4.17. The monoisotopic (exact) mass is 292 g/mol. The highest BCUT2D eigenvalue weighted by molar-refractivity contribution is 5.85. The van der Waals surface area contributed by atoms with Gasteiger partial charge in [0, 0.05) is 12.1 Å². The Morgan fingerprint density at radius 3 is 2.57 bits per heavy atom. The van der Waals surface area contributed by atoms with Crippen LogP contribution in [0.15, 0.2) is 23.6 Å². The predicted octanol–water partition coefficient (Wildman–Crippen LogP) is -0.000000000000000278. The molecule has 1 unspecified atom stereocenters. The highest BCUT2D eigenvalue weighted by Gasteiger charge is 2.40. The van der Waals surface area contributed by atoms with Crippen LogP contribution >= 0.6 is 0 Å². The van der Waals surface area contributed by atoms with E-state index in [1.54, 1.807) is 0 Å². The Morgan fingerprint density at radius 1 is 1.29 bits per heavy atom. The van der Waals surface area contributed by atoms with Crippen LogP contribution < -0.4 is 5.43 Å². The van der Waals surface area contributed by atoms with E-state index in [2.05, 4.69) is 20.6 Å². The van der Waals surface area contributed by atoms with E-state index in [4.69, 9.17) is 0 Å². The Kier molecular flexibility index (Phi) is 2.61. The van der Waals surface area contributed by atoms with Gasteiger partial charge in [0.2, 0.25) is 0 Å². The molecule has 11 heteroatoms. The minimum absolute atomic E-state index is 0.109. The lowest BCUT2D eigenvalue weighted by molar-refractivity contribution is -0.355. The number of aromatic hydroxyl groups is 3. The van der Waals surface area contributed by atoms with Crippen LogP contribution in [0.4, 0.5) is 5.95 Å². The first-order valence-corrected chi connectivity index (χ1v) is 5.61. The van der Waals surface area contributed by atoms with Crippen molar-refractivity contribution in [1.29, 1.82) is 0 Å². The average molecular weight is 292 g/mol. The number of phenolic OH excluding ortho intramolecular Hbond substituents is 3. The molecule has 0 saturated carbocycles. The summed E-state index contributed by atoms with van der Waals surface area (Å²) in [5.74, 6) is -1.94. The summed E-state index contributed by atoms with van der Waals surface area (Å²) in [4.78, 5) is 14.2. The van der Waals surface area contributed by atoms with Gasteiger partial charge in [-0.05, 0) is 4.92 Å². The number of nitrogens with zero attached hydrogens (tertiary/aromatic N) is 5. The largest absolute Gasteiger partial charge is 0.508 e. The SMILES string of the molecule is O=[N+]([O-])C1=NNc2ncnn2C1c1c(O)cc(O)cc1O. The van der Waals surface area contributed by atoms with Crippen molar-refractivity contribution in [2.45, 2.75) is 6.04 Å². The smallest absolute Gasteiger partial charge is 0.393 e. The van der Waals surface area contributed by atoms with E-state index < -0.39 is 28.3 Å². The van der Waals surface area contributed by atoms with Crippen LogP contribution in [0.5, 0.6) is 17.2 Å². The molecule has 1 aliphatic rings. The number of hydrogen-bond donors (Lipinski definition) is 4. The first-order chi connectivity index (χ1) is 9.99. The van der Waals surface area contributed by atoms with Gasteiger partial charge in [0.25, 0.3) is 5.95 Å². The van der Waals surface area contributed by atoms with Crippen molar-refractivity contribution in [1.82, 2.24) is 14.8 Å². The van der Waals surface area contributed by atoms with Crippen LogP contribution in [0, 0.1) is 10.1 Å². The van der Waals surface area contributed by atoms with Crippen LogP contribution in [0.2, 0.25) is 0 Å². The summed E-state index contributed by atoms with van der Waals surface area (Å²) < 4.78 is 1.09. The molecule has 108 valence electrons. The quantitative estimate of drug-likeness (QED) is 0.422. The second kappa shape index (κ2) is 4.33. The van der Waals surface area contributed by atoms with Crippen LogP contribution in [-0.4, -0.2) is 40.8 Å². The zero-order valence-corrected chi connectivity index (χ0v) is 10.2. The Bertz CT molecular complexity index is 746. The minimum Gasteiger partial charge on any atom is -0.508 e. The first kappa shape index (κ1) is 12.7. The molecule has 1 atom stereocenters. The third kappa shape index (κ3) is 1.87. The molecule has 0 saturated heterocycles. The molecule has 1 aromatic carbocycles. The lowest BCUT2D eigenvalue weighted by atomic mass is 10.0. The number of fused-ring (bicyclic) bond motifs is 1. The lowest BCUT2D eigenvalue weighted by Gasteiger charge is -2.20. The number of anilines is 1. The van der Waals surface area contributed by atoms with Crippen molar-refractivity contribution in [2.75, 3.05) is 5.43 Å². The molecule has 21 heavy (non-hydrogen) atoms. The number of aromatic nitrogens is 3. The van der Waals surface area contributed by atoms with E-state index in [0.29, 0.717) is 0 Å². The van der Waals surface area contributed by atoms with Crippen LogP contribution in [-0.2, 0) is 0 Å². The molecule has 0 aliphatic carbocycles. The summed E-state index contributed by atoms with van der Waals surface area (Å²) in [6, 6.07) is 0.607. The third-order valence-electron chi connectivity index (χ3n) is 2.91. The maximum absolute atomic E-state index is 11.1. The molecular formula is C10H8N6O5. The van der Waals surface area contributed by atoms with E-state index in [0.717, 1.165) is 23.1 Å². The van der Waals surface area contributed by atoms with E-state index in [-0.39, 0.29) is 17.3 Å². The standard InChI is InChI=1S/C10H8N6O5/c17-4-1-5(18)7(6(19)2-4)8-9(16(20)21)13-14-10-11-3-12-15(8)10/h1-3,8,17-19H,(H,11,12,14). The van der Waals surface area contributed by atoms with Gasteiger partial charge in [0.1, 0.15) is 23.6 Å². The number of hydrogen-bond acceptors (Lipinski definition) is 9. The highest BCUT2D eigenvalue weighted by Crippen LogP contribution is 2.40. The topological polar surface area (TPSA) is 159 Å². The molecule has 1 aliphatic heterocycles. The zero-order chi connectivity index (χ0) is 15.1. The molecule has 0 radical (unpaired) electrons. The van der Waals surface area contributed by atoms with Gasteiger partial charge < -0.3 is 25.4 Å². The molecule has 11 nitrogen and oxygen atoms in total. The van der Waals surface area contributed by atoms with Crippen molar-refractivity contribution in [3.05, 3.63) is 34.1 Å². The summed E-state index contributed by atoms with van der Waals surface area (Å²) in [5.41, 5.74) is 2.14. The van der Waals surface area contributed by atoms with Crippen molar-refractivity contribution in [3.63, 3.8) is 0 Å². The summed E-state index contributed by atoms with van der Waals surface area (Å²) in [6.45, 7) is 0. The third-order valence-corrected chi connectivity index (χ3v) is 2.91. The average Bonchev–Trinajstić information content (AvgIpc) is 2.85. The molecule has 0 fully saturated rings. The van der Waals surface area contributed by atoms with Crippen LogP contribution in [0.1, 0.15) is 11.6 Å². The Hall–Kier alpha value is -3.37. The fraction of sp³-hybridized carbons (Fsp3) is 0.100. The number of nitrogens with one attached hydrogen (secondary N) is 1. The summed E-state index contributed by atoms with van der Waals surface area (Å²) in [6.07, 6.45) is 1.14. The molecular weight excluding hydrogens is 284 g/mol. The van der Waals surface area contributed by atoms with E-state index in [9.17, 15) is 25.4 Å². The maximum Gasteiger partial charge on any atom is 0.393 e. The Labute approximate surface area is 115 Å². The predicted molar refractivity (Wildman–Crippen MR) is 67.6 cm³/mol. The molecule has 0 spiro atoms. The van der Waals surface area contributed by atoms with Gasteiger partial charge in [-0.15, -0.1) is 5.43 Å². The van der Waals surface area contributed by atoms with Gasteiger partial charge in [-0.2, -0.15) is 10.1 Å². The van der Waals surface area contributed by atoms with Crippen molar-refractivity contribution >= 4 is 11.8 Å². The van der Waals surface area contributed by atoms with Crippen molar-refractivity contribution < 1.29 is 20.2 Å². The summed E-state index contributed by atoms with van der Waals surface area (Å²) in [5, 5.41) is 47.6. The van der Waals surface area contributed by atoms with Crippen molar-refractivity contribution in [2.24, 2.45) is 5.10 Å². The van der Waals surface area contributed by atoms with E-state index in [1.165, 1.54) is 0 Å². The van der Waals surface area contributed by atoms with E-state index >= 15 is 0 Å². The number of amidine groups is 1. The minimum atomic E-state index is -1.29. The Balaban J connectivity index is 2.25. The van der Waals surface area contributed by atoms with Gasteiger partial charge in [-0.3, -0.25) is 0 Å². The number of nitro groups is 1. The number of hydrazone groups is 1. The number of benzene rings is 1. The maximum atomic E-state index is 11.1. The normalized spacial score (nSPS) is 16.8. The highest BCUT2D eigenvalue weighted by atomic mass is 16.6. The van der Waals surface area contributed by atoms with Gasteiger partial charge in [0.15, 0.2) is 6.04 Å². The number of rotatable bonds is 1. The van der Waals surface area contributed by atoms with E-state index in [1.807, 2.05) is 0 Å². The molecule has 4 N–H and O–H groups in total.